The first-order valence-corrected chi connectivity index (χ1v) is 4.57. The van der Waals surface area contributed by atoms with Gasteiger partial charge in [0.2, 0.25) is 0 Å². The molecule has 0 saturated heterocycles. The molecular weight excluding hydrogens is 160 g/mol. The highest BCUT2D eigenvalue weighted by molar-refractivity contribution is 5.39. The summed E-state index contributed by atoms with van der Waals surface area (Å²) in [5, 5.41) is 0. The third-order valence-electron chi connectivity index (χ3n) is 2.75. The van der Waals surface area contributed by atoms with Crippen LogP contribution in [0.2, 0.25) is 0 Å². The Hall–Kier alpha value is -1.08. The van der Waals surface area contributed by atoms with E-state index in [2.05, 4.69) is 43.3 Å². The molecule has 13 heavy (non-hydrogen) atoms. The zero-order valence-corrected chi connectivity index (χ0v) is 8.08. The number of benzene rings is 1. The first kappa shape index (κ1) is 8.52. The number of rotatable bonds is 1. The summed E-state index contributed by atoms with van der Waals surface area (Å²) >= 11 is 0. The second kappa shape index (κ2) is 3.00. The monoisotopic (exact) mass is 174 g/mol. The van der Waals surface area contributed by atoms with Gasteiger partial charge in [0.05, 0.1) is 0 Å². The van der Waals surface area contributed by atoms with Crippen molar-refractivity contribution in [2.24, 2.45) is 0 Å². The van der Waals surface area contributed by atoms with Gasteiger partial charge < -0.3 is 4.74 Å². The van der Waals surface area contributed by atoms with Gasteiger partial charge in [0.1, 0.15) is 5.60 Å². The van der Waals surface area contributed by atoms with Gasteiger partial charge in [0.15, 0.2) is 0 Å². The lowest BCUT2D eigenvalue weighted by atomic mass is 9.85. The average Bonchev–Trinajstić information content (AvgIpc) is 2.19. The molecule has 0 aliphatic heterocycles. The molecule has 1 unspecified atom stereocenters. The molecule has 1 heteroatoms. The van der Waals surface area contributed by atoms with Crippen molar-refractivity contribution in [1.29, 1.82) is 0 Å². The van der Waals surface area contributed by atoms with E-state index in [0.717, 1.165) is 6.42 Å². The van der Waals surface area contributed by atoms with E-state index >= 15 is 0 Å². The molecule has 0 spiro atoms. The summed E-state index contributed by atoms with van der Waals surface area (Å²) in [6, 6.07) is 8.45. The Labute approximate surface area is 79.0 Å². The van der Waals surface area contributed by atoms with Crippen LogP contribution in [0.25, 0.3) is 0 Å². The number of ether oxygens (including phenoxy) is 1. The van der Waals surface area contributed by atoms with Gasteiger partial charge in [-0.3, -0.25) is 0 Å². The van der Waals surface area contributed by atoms with Crippen molar-refractivity contribution < 1.29 is 4.74 Å². The molecule has 1 aliphatic carbocycles. The van der Waals surface area contributed by atoms with Gasteiger partial charge in [-0.05, 0) is 24.5 Å². The third-order valence-corrected chi connectivity index (χ3v) is 2.75. The van der Waals surface area contributed by atoms with E-state index in [9.17, 15) is 0 Å². The Bertz CT molecular complexity index is 341. The quantitative estimate of drug-likeness (QED) is 0.595. The lowest BCUT2D eigenvalue weighted by Crippen LogP contribution is -2.25. The average molecular weight is 174 g/mol. The summed E-state index contributed by atoms with van der Waals surface area (Å²) in [6.07, 6.45) is 5.33. The van der Waals surface area contributed by atoms with Crippen LogP contribution in [0.4, 0.5) is 0 Å². The van der Waals surface area contributed by atoms with Crippen LogP contribution in [0.3, 0.4) is 0 Å². The van der Waals surface area contributed by atoms with Gasteiger partial charge in [-0.2, -0.15) is 0 Å². The summed E-state index contributed by atoms with van der Waals surface area (Å²) in [6.45, 7) is 2.10. The van der Waals surface area contributed by atoms with Crippen molar-refractivity contribution in [2.75, 3.05) is 7.11 Å². The maximum Gasteiger partial charge on any atom is 0.108 e. The van der Waals surface area contributed by atoms with Crippen LogP contribution in [0, 0.1) is 0 Å². The molecule has 1 aromatic rings. The molecule has 0 heterocycles. The van der Waals surface area contributed by atoms with Gasteiger partial charge in [0.25, 0.3) is 0 Å². The lowest BCUT2D eigenvalue weighted by molar-refractivity contribution is 0.0439. The van der Waals surface area contributed by atoms with Gasteiger partial charge in [-0.1, -0.05) is 36.4 Å². The van der Waals surface area contributed by atoms with E-state index in [1.54, 1.807) is 7.11 Å². The van der Waals surface area contributed by atoms with E-state index in [0.29, 0.717) is 0 Å². The predicted octanol–water partition coefficient (Wildman–Crippen LogP) is 2.66. The first-order valence-electron chi connectivity index (χ1n) is 4.57. The smallest absolute Gasteiger partial charge is 0.108 e. The van der Waals surface area contributed by atoms with Crippen LogP contribution in [-0.2, 0) is 16.8 Å². The lowest BCUT2D eigenvalue weighted by Gasteiger charge is -2.30. The second-order valence-electron chi connectivity index (χ2n) is 3.57. The Morgan fingerprint density at radius 3 is 2.85 bits per heavy atom. The number of methoxy groups -OCH3 is 1. The zero-order valence-electron chi connectivity index (χ0n) is 8.08. The van der Waals surface area contributed by atoms with Crippen molar-refractivity contribution in [3.8, 4) is 0 Å². The first-order chi connectivity index (χ1) is 6.26. The number of allylic oxidation sites excluding steroid dienone is 1. The Balaban J connectivity index is 2.54. The molecule has 0 aromatic heterocycles. The third kappa shape index (κ3) is 1.29. The molecule has 1 aromatic carbocycles. The zero-order chi connectivity index (χ0) is 9.31. The predicted molar refractivity (Wildman–Crippen MR) is 53.6 cm³/mol. The molecule has 2 rings (SSSR count). The van der Waals surface area contributed by atoms with Gasteiger partial charge >= 0.3 is 0 Å². The van der Waals surface area contributed by atoms with Crippen LogP contribution < -0.4 is 0 Å². The normalized spacial score (nSPS) is 25.7. The fraction of sp³-hybridized carbons (Fsp3) is 0.333. The molecule has 0 bridgehead atoms. The molecule has 0 fully saturated rings. The summed E-state index contributed by atoms with van der Waals surface area (Å²) in [5.74, 6) is 0. The maximum absolute atomic E-state index is 5.52. The summed E-state index contributed by atoms with van der Waals surface area (Å²) in [7, 11) is 1.76. The highest BCUT2D eigenvalue weighted by Crippen LogP contribution is 2.32. The molecule has 68 valence electrons. The number of fused-ring (bicyclic) bond motifs is 1. The Kier molecular flexibility index (Phi) is 1.97. The van der Waals surface area contributed by atoms with Crippen molar-refractivity contribution in [3.05, 3.63) is 47.5 Å². The van der Waals surface area contributed by atoms with Crippen molar-refractivity contribution in [2.45, 2.75) is 18.9 Å². The van der Waals surface area contributed by atoms with Crippen molar-refractivity contribution in [1.82, 2.24) is 0 Å². The summed E-state index contributed by atoms with van der Waals surface area (Å²) < 4.78 is 5.52. The Morgan fingerprint density at radius 2 is 2.08 bits per heavy atom. The summed E-state index contributed by atoms with van der Waals surface area (Å²) in [4.78, 5) is 0. The molecule has 0 amide bonds. The van der Waals surface area contributed by atoms with Gasteiger partial charge in [-0.25, -0.2) is 0 Å². The van der Waals surface area contributed by atoms with Crippen LogP contribution in [-0.4, -0.2) is 7.11 Å². The minimum absolute atomic E-state index is 0.227. The summed E-state index contributed by atoms with van der Waals surface area (Å²) in [5.41, 5.74) is 2.43. The minimum atomic E-state index is -0.227. The largest absolute Gasteiger partial charge is 0.370 e. The van der Waals surface area contributed by atoms with Crippen LogP contribution >= 0.6 is 0 Å². The number of hydrogen-bond acceptors (Lipinski definition) is 1. The van der Waals surface area contributed by atoms with Crippen LogP contribution in [0.5, 0.6) is 0 Å². The highest BCUT2D eigenvalue weighted by atomic mass is 16.5. The maximum atomic E-state index is 5.52. The van der Waals surface area contributed by atoms with E-state index < -0.39 is 0 Å². The fourth-order valence-corrected chi connectivity index (χ4v) is 1.86. The second-order valence-corrected chi connectivity index (χ2v) is 3.57. The minimum Gasteiger partial charge on any atom is -0.370 e. The van der Waals surface area contributed by atoms with Crippen LogP contribution in [0.1, 0.15) is 18.1 Å². The molecule has 0 saturated carbocycles. The molecule has 1 atom stereocenters. The molecule has 0 N–H and O–H groups in total. The molecule has 0 radical (unpaired) electrons. The van der Waals surface area contributed by atoms with E-state index in [1.807, 2.05) is 0 Å². The van der Waals surface area contributed by atoms with E-state index in [-0.39, 0.29) is 5.60 Å². The van der Waals surface area contributed by atoms with Gasteiger partial charge in [0, 0.05) is 7.11 Å². The van der Waals surface area contributed by atoms with E-state index in [1.165, 1.54) is 11.1 Å². The molecular formula is C12H14O. The van der Waals surface area contributed by atoms with E-state index in [4.69, 9.17) is 4.74 Å². The highest BCUT2D eigenvalue weighted by Gasteiger charge is 2.27. The van der Waals surface area contributed by atoms with Crippen LogP contribution in [0.15, 0.2) is 36.4 Å². The van der Waals surface area contributed by atoms with Gasteiger partial charge in [-0.15, -0.1) is 0 Å². The van der Waals surface area contributed by atoms with Crippen molar-refractivity contribution >= 4 is 0 Å². The van der Waals surface area contributed by atoms with Crippen molar-refractivity contribution in [3.63, 3.8) is 0 Å². The SMILES string of the molecule is COC1(C)C=CCc2ccccc21. The Morgan fingerprint density at radius 1 is 1.31 bits per heavy atom. The molecule has 1 aliphatic rings. The molecule has 1 nitrogen and oxygen atoms in total. The standard InChI is InChI=1S/C12H14O/c1-12(13-2)9-5-7-10-6-3-4-8-11(10)12/h3-6,8-9H,7H2,1-2H3. The fourth-order valence-electron chi connectivity index (χ4n) is 1.86. The topological polar surface area (TPSA) is 9.23 Å². The number of hydrogen-bond donors (Lipinski definition) is 0.